The number of carbonyl (C=O) groups excluding carboxylic acids is 1. The van der Waals surface area contributed by atoms with Crippen molar-refractivity contribution in [2.75, 3.05) is 22.2 Å². The van der Waals surface area contributed by atoms with E-state index in [1.165, 1.54) is 0 Å². The molecule has 0 radical (unpaired) electrons. The van der Waals surface area contributed by atoms with Gasteiger partial charge in [0.25, 0.3) is 0 Å². The molecular weight excluding hydrogens is 481 g/mol. The molecule has 0 unspecified atom stereocenters. The maximum Gasteiger partial charge on any atom is 0.421 e. The summed E-state index contributed by atoms with van der Waals surface area (Å²) in [4.78, 5) is 23.4. The van der Waals surface area contributed by atoms with E-state index < -0.39 is 27.4 Å². The van der Waals surface area contributed by atoms with Gasteiger partial charge in [0.2, 0.25) is 11.9 Å². The zero-order valence-corrected chi connectivity index (χ0v) is 18.7. The van der Waals surface area contributed by atoms with Gasteiger partial charge in [-0.3, -0.25) is 4.79 Å². The molecule has 3 N–H and O–H groups in total. The van der Waals surface area contributed by atoms with Gasteiger partial charge >= 0.3 is 6.18 Å². The van der Waals surface area contributed by atoms with Gasteiger partial charge in [0.05, 0.1) is 18.7 Å². The lowest BCUT2D eigenvalue weighted by molar-refractivity contribution is -0.137. The largest absolute Gasteiger partial charge is 0.421 e. The number of fused-ring (bicyclic) bond motifs is 1. The lowest BCUT2D eigenvalue weighted by Crippen LogP contribution is -2.14. The summed E-state index contributed by atoms with van der Waals surface area (Å²) in [5, 5.41) is 10.1. The molecular formula is C19H17F3N6O3S2. The second-order valence-electron chi connectivity index (χ2n) is 7.33. The van der Waals surface area contributed by atoms with E-state index in [2.05, 4.69) is 30.9 Å². The van der Waals surface area contributed by atoms with Gasteiger partial charge in [0.1, 0.15) is 22.1 Å². The van der Waals surface area contributed by atoms with Crippen LogP contribution >= 0.6 is 11.3 Å². The summed E-state index contributed by atoms with van der Waals surface area (Å²) in [7, 11) is -3.27. The van der Waals surface area contributed by atoms with Crippen LogP contribution in [0.4, 0.5) is 36.3 Å². The smallest absolute Gasteiger partial charge is 0.364 e. The molecule has 1 aromatic carbocycles. The third-order valence-corrected chi connectivity index (χ3v) is 6.38. The van der Waals surface area contributed by atoms with E-state index in [4.69, 9.17) is 0 Å². The van der Waals surface area contributed by atoms with E-state index in [0.29, 0.717) is 28.3 Å². The van der Waals surface area contributed by atoms with E-state index in [1.807, 2.05) is 0 Å². The zero-order chi connectivity index (χ0) is 23.8. The Morgan fingerprint density at radius 2 is 2.03 bits per heavy atom. The first-order valence-electron chi connectivity index (χ1n) is 9.45. The second-order valence-corrected chi connectivity index (χ2v) is 10.4. The van der Waals surface area contributed by atoms with Crippen molar-refractivity contribution in [3.05, 3.63) is 51.6 Å². The highest BCUT2D eigenvalue weighted by Crippen LogP contribution is 2.34. The van der Waals surface area contributed by atoms with Gasteiger partial charge in [-0.1, -0.05) is 0 Å². The van der Waals surface area contributed by atoms with Crippen LogP contribution in [0.5, 0.6) is 0 Å². The van der Waals surface area contributed by atoms with Crippen molar-refractivity contribution < 1.29 is 26.4 Å². The molecule has 0 spiro atoms. The summed E-state index contributed by atoms with van der Waals surface area (Å²) in [5.74, 6) is -0.898. The highest BCUT2D eigenvalue weighted by atomic mass is 32.2. The molecule has 4 rings (SSSR count). The van der Waals surface area contributed by atoms with E-state index in [0.717, 1.165) is 23.2 Å². The molecule has 14 heteroatoms. The van der Waals surface area contributed by atoms with Crippen molar-refractivity contribution in [2.45, 2.75) is 24.9 Å². The molecule has 9 nitrogen and oxygen atoms in total. The Balaban J connectivity index is 1.53. The quantitative estimate of drug-likeness (QED) is 0.453. The van der Waals surface area contributed by atoms with Gasteiger partial charge in [-0.25, -0.2) is 18.4 Å². The summed E-state index contributed by atoms with van der Waals surface area (Å²) in [6.07, 6.45) is -2.73. The van der Waals surface area contributed by atoms with Crippen LogP contribution < -0.4 is 16.0 Å². The first kappa shape index (κ1) is 22.9. The Morgan fingerprint density at radius 3 is 2.76 bits per heavy atom. The standard InChI is InChI=1S/C19H17F3N6O3S2/c1-33(30,31)9-16-25-12(8-32-16)6-23-17-13(19(20,21)22)7-24-18(28-17)26-11-2-3-14-10(4-11)5-15(29)27-14/h2-4,7-8H,5-6,9H2,1H3,(H,27,29)(H2,23,24,26,28). The number of aromatic nitrogens is 3. The second kappa shape index (κ2) is 8.59. The molecule has 1 aliphatic rings. The summed E-state index contributed by atoms with van der Waals surface area (Å²) in [5.41, 5.74) is 1.28. The number of nitrogens with one attached hydrogen (secondary N) is 3. The van der Waals surface area contributed by atoms with Crippen molar-refractivity contribution in [3.63, 3.8) is 0 Å². The minimum absolute atomic E-state index is 0.0706. The Kier molecular flexibility index (Phi) is 5.97. The van der Waals surface area contributed by atoms with E-state index >= 15 is 0 Å². The number of halogens is 3. The third-order valence-electron chi connectivity index (χ3n) is 4.50. The SMILES string of the molecule is CS(=O)(=O)Cc1nc(CNc2nc(Nc3ccc4c(c3)CC(=O)N4)ncc2C(F)(F)F)cs1. The normalized spacial score (nSPS) is 13.5. The van der Waals surface area contributed by atoms with Gasteiger partial charge in [-0.2, -0.15) is 18.2 Å². The van der Waals surface area contributed by atoms with Gasteiger partial charge in [0, 0.05) is 29.2 Å². The van der Waals surface area contributed by atoms with E-state index in [1.54, 1.807) is 23.6 Å². The topological polar surface area (TPSA) is 126 Å². The molecule has 0 fully saturated rings. The molecule has 0 atom stereocenters. The fraction of sp³-hybridized carbons (Fsp3) is 0.263. The molecule has 0 aliphatic carbocycles. The number of thiazole rings is 1. The maximum absolute atomic E-state index is 13.4. The molecule has 3 aromatic rings. The number of alkyl halides is 3. The van der Waals surface area contributed by atoms with Crippen LogP contribution in [0.2, 0.25) is 0 Å². The summed E-state index contributed by atoms with van der Waals surface area (Å²) >= 11 is 1.11. The van der Waals surface area contributed by atoms with Crippen molar-refractivity contribution in [3.8, 4) is 0 Å². The van der Waals surface area contributed by atoms with Crippen LogP contribution in [0.15, 0.2) is 29.8 Å². The Morgan fingerprint density at radius 1 is 1.24 bits per heavy atom. The van der Waals surface area contributed by atoms with Crippen molar-refractivity contribution in [1.82, 2.24) is 15.0 Å². The summed E-state index contributed by atoms with van der Waals surface area (Å²) in [6, 6.07) is 5.03. The zero-order valence-electron chi connectivity index (χ0n) is 17.0. The number of hydrogen-bond acceptors (Lipinski definition) is 9. The minimum atomic E-state index is -4.69. The van der Waals surface area contributed by atoms with Crippen LogP contribution in [0.3, 0.4) is 0 Å². The van der Waals surface area contributed by atoms with Crippen LogP contribution in [0.1, 0.15) is 21.8 Å². The summed E-state index contributed by atoms with van der Waals surface area (Å²) < 4.78 is 63.1. The number of rotatable bonds is 7. The Labute approximate surface area is 190 Å². The maximum atomic E-state index is 13.4. The lowest BCUT2D eigenvalue weighted by Gasteiger charge is -2.14. The van der Waals surface area contributed by atoms with Crippen LogP contribution in [-0.2, 0) is 39.5 Å². The van der Waals surface area contributed by atoms with Crippen LogP contribution in [0, 0.1) is 0 Å². The van der Waals surface area contributed by atoms with Crippen molar-refractivity contribution >= 4 is 50.2 Å². The highest BCUT2D eigenvalue weighted by Gasteiger charge is 2.35. The number of sulfone groups is 1. The average molecular weight is 499 g/mol. The number of carbonyl (C=O) groups is 1. The van der Waals surface area contributed by atoms with Crippen LogP contribution in [-0.4, -0.2) is 35.5 Å². The molecule has 2 aromatic heterocycles. The molecule has 0 saturated heterocycles. The fourth-order valence-corrected chi connectivity index (χ4v) is 5.12. The molecule has 0 saturated carbocycles. The molecule has 0 bridgehead atoms. The predicted molar refractivity (Wildman–Crippen MR) is 117 cm³/mol. The molecule has 174 valence electrons. The highest BCUT2D eigenvalue weighted by molar-refractivity contribution is 7.90. The average Bonchev–Trinajstić information content (AvgIpc) is 3.29. The monoisotopic (exact) mass is 498 g/mol. The van der Waals surface area contributed by atoms with E-state index in [9.17, 15) is 26.4 Å². The Hall–Kier alpha value is -3.26. The van der Waals surface area contributed by atoms with Gasteiger partial charge in [0.15, 0.2) is 9.84 Å². The fourth-order valence-electron chi connectivity index (χ4n) is 3.12. The number of nitrogens with zero attached hydrogens (tertiary/aromatic N) is 3. The lowest BCUT2D eigenvalue weighted by atomic mass is 10.1. The third kappa shape index (κ3) is 5.76. The Bertz CT molecular complexity index is 1320. The molecule has 1 amide bonds. The number of amides is 1. The minimum Gasteiger partial charge on any atom is -0.364 e. The molecule has 33 heavy (non-hydrogen) atoms. The van der Waals surface area contributed by atoms with Gasteiger partial charge < -0.3 is 16.0 Å². The van der Waals surface area contributed by atoms with Crippen molar-refractivity contribution in [1.29, 1.82) is 0 Å². The van der Waals surface area contributed by atoms with Crippen LogP contribution in [0.25, 0.3) is 0 Å². The molecule has 3 heterocycles. The number of hydrogen-bond donors (Lipinski definition) is 3. The summed E-state index contributed by atoms with van der Waals surface area (Å²) in [6.45, 7) is -0.0909. The van der Waals surface area contributed by atoms with Gasteiger partial charge in [-0.15, -0.1) is 11.3 Å². The first-order valence-corrected chi connectivity index (χ1v) is 12.4. The van der Waals surface area contributed by atoms with Gasteiger partial charge in [-0.05, 0) is 23.8 Å². The molecule has 1 aliphatic heterocycles. The van der Waals surface area contributed by atoms with Crippen molar-refractivity contribution in [2.24, 2.45) is 0 Å². The first-order chi connectivity index (χ1) is 15.5. The number of anilines is 4. The van der Waals surface area contributed by atoms with E-state index in [-0.39, 0.29) is 30.6 Å². The predicted octanol–water partition coefficient (Wildman–Crippen LogP) is 3.35. The number of benzene rings is 1.